The van der Waals surface area contributed by atoms with Crippen LogP contribution in [-0.2, 0) is 11.3 Å². The third-order valence-corrected chi connectivity index (χ3v) is 2.92. The number of benzene rings is 2. The van der Waals surface area contributed by atoms with E-state index in [1.807, 2.05) is 30.3 Å². The molecule has 0 aliphatic carbocycles. The highest BCUT2D eigenvalue weighted by Crippen LogP contribution is 2.26. The van der Waals surface area contributed by atoms with Crippen LogP contribution in [0.5, 0.6) is 11.5 Å². The number of hydrogen-bond acceptors (Lipinski definition) is 4. The lowest BCUT2D eigenvalue weighted by Crippen LogP contribution is -2.07. The smallest absolute Gasteiger partial charge is 0.341 e. The van der Waals surface area contributed by atoms with Crippen LogP contribution in [0.25, 0.3) is 0 Å². The van der Waals surface area contributed by atoms with Gasteiger partial charge in [0.15, 0.2) is 0 Å². The van der Waals surface area contributed by atoms with Gasteiger partial charge >= 0.3 is 5.97 Å². The highest BCUT2D eigenvalue weighted by atomic mass is 16.5. The molecule has 2 aromatic carbocycles. The summed E-state index contributed by atoms with van der Waals surface area (Å²) in [5.41, 5.74) is 1.47. The highest BCUT2D eigenvalue weighted by molar-refractivity contribution is 5.92. The summed E-state index contributed by atoms with van der Waals surface area (Å²) in [5, 5.41) is 0. The Hall–Kier alpha value is -2.49. The van der Waals surface area contributed by atoms with E-state index in [2.05, 4.69) is 0 Å². The molecule has 0 spiro atoms. The summed E-state index contributed by atoms with van der Waals surface area (Å²) in [6.45, 7) is 2.55. The van der Waals surface area contributed by atoms with Crippen LogP contribution in [0.1, 0.15) is 22.8 Å². The molecule has 0 aliphatic rings. The molecule has 110 valence electrons. The number of esters is 1. The third kappa shape index (κ3) is 3.99. The number of carbonyl (C=O) groups excluding carboxylic acids is 1. The minimum atomic E-state index is -0.399. The molecule has 0 saturated heterocycles. The number of carbonyl (C=O) groups is 1. The average molecular weight is 286 g/mol. The number of ether oxygens (including phenoxy) is 3. The summed E-state index contributed by atoms with van der Waals surface area (Å²) >= 11 is 0. The maximum Gasteiger partial charge on any atom is 0.341 e. The molecular formula is C17H18O4. The van der Waals surface area contributed by atoms with E-state index in [9.17, 15) is 4.79 Å². The zero-order valence-corrected chi connectivity index (χ0v) is 12.2. The van der Waals surface area contributed by atoms with Crippen molar-refractivity contribution in [2.24, 2.45) is 0 Å². The minimum absolute atomic E-state index is 0.328. The fourth-order valence-electron chi connectivity index (χ4n) is 1.88. The van der Waals surface area contributed by atoms with E-state index in [0.717, 1.165) is 5.56 Å². The zero-order chi connectivity index (χ0) is 15.1. The normalized spacial score (nSPS) is 10.0. The molecule has 0 aromatic heterocycles. The average Bonchev–Trinajstić information content (AvgIpc) is 2.53. The van der Waals surface area contributed by atoms with Gasteiger partial charge in [0, 0.05) is 6.07 Å². The van der Waals surface area contributed by atoms with Gasteiger partial charge in [-0.1, -0.05) is 30.3 Å². The maximum absolute atomic E-state index is 11.8. The van der Waals surface area contributed by atoms with E-state index in [4.69, 9.17) is 14.2 Å². The molecule has 2 aromatic rings. The van der Waals surface area contributed by atoms with Gasteiger partial charge in [0.05, 0.1) is 13.7 Å². The van der Waals surface area contributed by atoms with Crippen molar-refractivity contribution in [1.29, 1.82) is 0 Å². The molecule has 0 unspecified atom stereocenters. The fraction of sp³-hybridized carbons (Fsp3) is 0.235. The lowest BCUT2D eigenvalue weighted by molar-refractivity contribution is 0.0522. The van der Waals surface area contributed by atoms with E-state index in [-0.39, 0.29) is 0 Å². The van der Waals surface area contributed by atoms with Gasteiger partial charge in [0.25, 0.3) is 0 Å². The first-order chi connectivity index (χ1) is 10.2. The van der Waals surface area contributed by atoms with Crippen LogP contribution in [0.15, 0.2) is 48.5 Å². The summed E-state index contributed by atoms with van der Waals surface area (Å²) in [6.07, 6.45) is 0. The SMILES string of the molecule is CCOC(=O)c1ccc(OCc2ccccc2)cc1OC. The van der Waals surface area contributed by atoms with Gasteiger partial charge in [-0.15, -0.1) is 0 Å². The van der Waals surface area contributed by atoms with Gasteiger partial charge in [-0.05, 0) is 24.6 Å². The Morgan fingerprint density at radius 1 is 1.10 bits per heavy atom. The van der Waals surface area contributed by atoms with Crippen molar-refractivity contribution in [3.8, 4) is 11.5 Å². The van der Waals surface area contributed by atoms with Gasteiger partial charge in [0.2, 0.25) is 0 Å². The summed E-state index contributed by atoms with van der Waals surface area (Å²) in [4.78, 5) is 11.8. The molecule has 2 rings (SSSR count). The first kappa shape index (κ1) is 14.9. The maximum atomic E-state index is 11.8. The summed E-state index contributed by atoms with van der Waals surface area (Å²) in [7, 11) is 1.51. The standard InChI is InChI=1S/C17H18O4/c1-3-20-17(18)15-10-9-14(11-16(15)19-2)21-12-13-7-5-4-6-8-13/h4-11H,3,12H2,1-2H3. The number of methoxy groups -OCH3 is 1. The van der Waals surface area contributed by atoms with E-state index in [1.54, 1.807) is 25.1 Å². The Kier molecular flexibility index (Phi) is 5.21. The van der Waals surface area contributed by atoms with Gasteiger partial charge < -0.3 is 14.2 Å². The summed E-state index contributed by atoms with van der Waals surface area (Å²) < 4.78 is 15.9. The zero-order valence-electron chi connectivity index (χ0n) is 12.2. The molecule has 0 aliphatic heterocycles. The highest BCUT2D eigenvalue weighted by Gasteiger charge is 2.14. The first-order valence-electron chi connectivity index (χ1n) is 6.76. The van der Waals surface area contributed by atoms with Crippen LogP contribution < -0.4 is 9.47 Å². The molecule has 21 heavy (non-hydrogen) atoms. The molecular weight excluding hydrogens is 268 g/mol. The van der Waals surface area contributed by atoms with Crippen LogP contribution in [0.3, 0.4) is 0 Å². The Morgan fingerprint density at radius 3 is 2.52 bits per heavy atom. The molecule has 0 radical (unpaired) electrons. The predicted octanol–water partition coefficient (Wildman–Crippen LogP) is 3.45. The van der Waals surface area contributed by atoms with E-state index in [0.29, 0.717) is 30.3 Å². The molecule has 0 atom stereocenters. The molecule has 0 N–H and O–H groups in total. The van der Waals surface area contributed by atoms with E-state index >= 15 is 0 Å². The van der Waals surface area contributed by atoms with Gasteiger partial charge in [-0.2, -0.15) is 0 Å². The second-order valence-electron chi connectivity index (χ2n) is 4.36. The Morgan fingerprint density at radius 2 is 1.86 bits per heavy atom. The lowest BCUT2D eigenvalue weighted by atomic mass is 10.2. The second-order valence-corrected chi connectivity index (χ2v) is 4.36. The van der Waals surface area contributed by atoms with Gasteiger partial charge in [0.1, 0.15) is 23.7 Å². The predicted molar refractivity (Wildman–Crippen MR) is 79.7 cm³/mol. The van der Waals surface area contributed by atoms with E-state index in [1.165, 1.54) is 7.11 Å². The largest absolute Gasteiger partial charge is 0.496 e. The van der Waals surface area contributed by atoms with Crippen LogP contribution >= 0.6 is 0 Å². The molecule has 0 saturated carbocycles. The first-order valence-corrected chi connectivity index (χ1v) is 6.76. The quantitative estimate of drug-likeness (QED) is 0.763. The molecule has 4 heteroatoms. The Labute approximate surface area is 124 Å². The lowest BCUT2D eigenvalue weighted by Gasteiger charge is -2.11. The number of rotatable bonds is 6. The molecule has 0 amide bonds. The van der Waals surface area contributed by atoms with Crippen LogP contribution in [-0.4, -0.2) is 19.7 Å². The molecule has 4 nitrogen and oxygen atoms in total. The second kappa shape index (κ2) is 7.33. The van der Waals surface area contributed by atoms with Crippen LogP contribution in [0.2, 0.25) is 0 Å². The number of hydrogen-bond donors (Lipinski definition) is 0. The minimum Gasteiger partial charge on any atom is -0.496 e. The van der Waals surface area contributed by atoms with Crippen molar-refractivity contribution >= 4 is 5.97 Å². The van der Waals surface area contributed by atoms with Crippen molar-refractivity contribution in [1.82, 2.24) is 0 Å². The Bertz CT molecular complexity index is 593. The molecule has 0 bridgehead atoms. The van der Waals surface area contributed by atoms with Crippen LogP contribution in [0, 0.1) is 0 Å². The molecule has 0 fully saturated rings. The topological polar surface area (TPSA) is 44.8 Å². The van der Waals surface area contributed by atoms with Crippen molar-refractivity contribution in [3.05, 3.63) is 59.7 Å². The monoisotopic (exact) mass is 286 g/mol. The van der Waals surface area contributed by atoms with Crippen molar-refractivity contribution in [2.45, 2.75) is 13.5 Å². The van der Waals surface area contributed by atoms with Gasteiger partial charge in [-0.25, -0.2) is 4.79 Å². The third-order valence-electron chi connectivity index (χ3n) is 2.92. The van der Waals surface area contributed by atoms with E-state index < -0.39 is 5.97 Å². The fourth-order valence-corrected chi connectivity index (χ4v) is 1.88. The van der Waals surface area contributed by atoms with Crippen molar-refractivity contribution in [2.75, 3.05) is 13.7 Å². The van der Waals surface area contributed by atoms with Crippen molar-refractivity contribution in [3.63, 3.8) is 0 Å². The summed E-state index contributed by atoms with van der Waals surface area (Å²) in [5.74, 6) is 0.687. The summed E-state index contributed by atoms with van der Waals surface area (Å²) in [6, 6.07) is 14.9. The Balaban J connectivity index is 2.10. The van der Waals surface area contributed by atoms with Crippen molar-refractivity contribution < 1.29 is 19.0 Å². The van der Waals surface area contributed by atoms with Crippen LogP contribution in [0.4, 0.5) is 0 Å². The van der Waals surface area contributed by atoms with Gasteiger partial charge in [-0.3, -0.25) is 0 Å². The molecule has 0 heterocycles.